The van der Waals surface area contributed by atoms with Crippen LogP contribution in [0.25, 0.3) is 0 Å². The number of piperidine rings is 2. The summed E-state index contributed by atoms with van der Waals surface area (Å²) in [4.78, 5) is 4.71. The molecule has 0 spiro atoms. The molecule has 4 aliphatic rings. The predicted molar refractivity (Wildman–Crippen MR) is 205 cm³/mol. The molecule has 0 bridgehead atoms. The van der Waals surface area contributed by atoms with E-state index < -0.39 is 23.5 Å². The van der Waals surface area contributed by atoms with E-state index in [0.29, 0.717) is 49.8 Å². The summed E-state index contributed by atoms with van der Waals surface area (Å²) in [7, 11) is 0. The summed E-state index contributed by atoms with van der Waals surface area (Å²) in [5, 5.41) is 0. The van der Waals surface area contributed by atoms with E-state index in [0.717, 1.165) is 112 Å². The molecule has 312 valence electrons. The van der Waals surface area contributed by atoms with Gasteiger partial charge in [0.15, 0.2) is 23.0 Å². The fourth-order valence-corrected chi connectivity index (χ4v) is 7.70. The third kappa shape index (κ3) is 11.6. The quantitative estimate of drug-likeness (QED) is 0.147. The Morgan fingerprint density at radius 2 is 0.897 bits per heavy atom. The van der Waals surface area contributed by atoms with Gasteiger partial charge >= 0.3 is 12.4 Å². The van der Waals surface area contributed by atoms with E-state index in [4.69, 9.17) is 28.4 Å². The molecule has 0 aliphatic carbocycles. The van der Waals surface area contributed by atoms with Gasteiger partial charge in [0.05, 0.1) is 24.3 Å². The van der Waals surface area contributed by atoms with Gasteiger partial charge in [0.25, 0.3) is 0 Å². The number of likely N-dealkylation sites (tertiary alicyclic amines) is 2. The summed E-state index contributed by atoms with van der Waals surface area (Å²) >= 11 is 0. The van der Waals surface area contributed by atoms with Crippen LogP contribution >= 0.6 is 0 Å². The van der Waals surface area contributed by atoms with E-state index >= 15 is 0 Å². The number of alkyl halides is 6. The highest BCUT2D eigenvalue weighted by Gasteiger charge is 2.32. The Balaban J connectivity index is 0.000000177. The van der Waals surface area contributed by atoms with Gasteiger partial charge in [0.1, 0.15) is 36.9 Å². The van der Waals surface area contributed by atoms with Crippen LogP contribution in [-0.4, -0.2) is 87.7 Å². The number of halogens is 6. The lowest BCUT2D eigenvalue weighted by Crippen LogP contribution is -2.45. The highest BCUT2D eigenvalue weighted by Crippen LogP contribution is 2.34. The van der Waals surface area contributed by atoms with Gasteiger partial charge in [-0.15, -0.1) is 0 Å². The van der Waals surface area contributed by atoms with Crippen molar-refractivity contribution in [2.45, 2.75) is 50.2 Å². The molecule has 8 nitrogen and oxygen atoms in total. The summed E-state index contributed by atoms with van der Waals surface area (Å²) in [5.74, 6) is 4.73. The first-order valence-corrected chi connectivity index (χ1v) is 19.8. The highest BCUT2D eigenvalue weighted by atomic mass is 19.4. The molecule has 4 aromatic rings. The first kappa shape index (κ1) is 41.3. The summed E-state index contributed by atoms with van der Waals surface area (Å²) < 4.78 is 111. The molecule has 0 aromatic heterocycles. The van der Waals surface area contributed by atoms with Crippen molar-refractivity contribution in [2.75, 3.05) is 65.7 Å². The molecular weight excluding hydrogens is 766 g/mol. The maximum atomic E-state index is 12.6. The van der Waals surface area contributed by atoms with Crippen molar-refractivity contribution >= 4 is 0 Å². The molecule has 2 saturated heterocycles. The molecule has 0 amide bonds. The van der Waals surface area contributed by atoms with Crippen molar-refractivity contribution in [2.24, 2.45) is 11.8 Å². The van der Waals surface area contributed by atoms with E-state index in [1.807, 2.05) is 48.5 Å². The first-order chi connectivity index (χ1) is 27.9. The largest absolute Gasteiger partial charge is 0.493 e. The summed E-state index contributed by atoms with van der Waals surface area (Å²) in [6.45, 7) is 7.36. The van der Waals surface area contributed by atoms with Gasteiger partial charge in [-0.25, -0.2) is 0 Å². The second-order valence-electron chi connectivity index (χ2n) is 15.2. The fourth-order valence-electron chi connectivity index (χ4n) is 7.70. The van der Waals surface area contributed by atoms with E-state index in [9.17, 15) is 26.3 Å². The normalized spacial score (nSPS) is 22.3. The molecule has 14 heteroatoms. The van der Waals surface area contributed by atoms with Crippen LogP contribution in [0, 0.1) is 11.8 Å². The molecule has 8 rings (SSSR count). The van der Waals surface area contributed by atoms with Crippen molar-refractivity contribution in [1.29, 1.82) is 0 Å². The van der Waals surface area contributed by atoms with E-state index in [2.05, 4.69) is 9.80 Å². The molecule has 58 heavy (non-hydrogen) atoms. The second kappa shape index (κ2) is 18.8. The molecule has 0 unspecified atom stereocenters. The van der Waals surface area contributed by atoms with Crippen LogP contribution in [0.5, 0.6) is 34.5 Å². The Labute approximate surface area is 334 Å². The zero-order valence-electron chi connectivity index (χ0n) is 32.1. The first-order valence-electron chi connectivity index (χ1n) is 19.8. The standard InChI is InChI=1S/2C22H24F3NO3/c2*23-22(24,25)17-7-9-18(10-8-17)27-14-16-4-3-11-26(12-16)13-19-15-28-20-5-1-2-6-21(20)29-19/h2*1-2,5-10,16,19H,3-4,11-15H2/t16-,19+;16-,19-/m01/s1. The lowest BCUT2D eigenvalue weighted by atomic mass is 9.98. The lowest BCUT2D eigenvalue weighted by molar-refractivity contribution is -0.138. The van der Waals surface area contributed by atoms with E-state index in [1.54, 1.807) is 0 Å². The molecule has 0 radical (unpaired) electrons. The molecule has 4 aromatic carbocycles. The molecule has 0 saturated carbocycles. The number of hydrogen-bond donors (Lipinski definition) is 0. The Hall–Kier alpha value is -4.82. The van der Waals surface area contributed by atoms with Crippen molar-refractivity contribution in [3.05, 3.63) is 108 Å². The molecule has 2 fully saturated rings. The Morgan fingerprint density at radius 3 is 1.28 bits per heavy atom. The maximum Gasteiger partial charge on any atom is 0.416 e. The third-order valence-corrected chi connectivity index (χ3v) is 10.6. The van der Waals surface area contributed by atoms with Crippen molar-refractivity contribution < 1.29 is 54.8 Å². The van der Waals surface area contributed by atoms with Crippen molar-refractivity contribution in [3.8, 4) is 34.5 Å². The van der Waals surface area contributed by atoms with Gasteiger partial charge in [-0.1, -0.05) is 24.3 Å². The maximum absolute atomic E-state index is 12.6. The number of benzene rings is 4. The average Bonchev–Trinajstić information content (AvgIpc) is 3.22. The predicted octanol–water partition coefficient (Wildman–Crippen LogP) is 9.27. The van der Waals surface area contributed by atoms with Crippen LogP contribution in [-0.2, 0) is 12.4 Å². The van der Waals surface area contributed by atoms with Crippen LogP contribution in [0.3, 0.4) is 0 Å². The number of nitrogens with zero attached hydrogens (tertiary/aromatic N) is 2. The topological polar surface area (TPSA) is 61.9 Å². The van der Waals surface area contributed by atoms with Crippen molar-refractivity contribution in [1.82, 2.24) is 9.80 Å². The molecule has 0 N–H and O–H groups in total. The number of ether oxygens (including phenoxy) is 6. The number of fused-ring (bicyclic) bond motifs is 2. The average molecular weight is 815 g/mol. The Bertz CT molecular complexity index is 1760. The van der Waals surface area contributed by atoms with Gasteiger partial charge in [0, 0.05) is 38.0 Å². The highest BCUT2D eigenvalue weighted by molar-refractivity contribution is 5.41. The molecule has 4 aliphatic heterocycles. The zero-order chi connectivity index (χ0) is 40.5. The number of hydrogen-bond acceptors (Lipinski definition) is 8. The van der Waals surface area contributed by atoms with Gasteiger partial charge in [-0.05, 0) is 112 Å². The number of para-hydroxylation sites is 4. The summed E-state index contributed by atoms with van der Waals surface area (Å²) in [6.07, 6.45) is -4.47. The van der Waals surface area contributed by atoms with Crippen LogP contribution < -0.4 is 28.4 Å². The monoisotopic (exact) mass is 814 g/mol. The molecular formula is C44H48F6N2O6. The van der Waals surface area contributed by atoms with Gasteiger partial charge in [-0.2, -0.15) is 26.3 Å². The minimum atomic E-state index is -4.33. The van der Waals surface area contributed by atoms with Crippen LogP contribution in [0.2, 0.25) is 0 Å². The Morgan fingerprint density at radius 1 is 0.517 bits per heavy atom. The fraction of sp³-hybridized carbons (Fsp3) is 0.455. The minimum absolute atomic E-state index is 0.0144. The van der Waals surface area contributed by atoms with Gasteiger partial charge in [-0.3, -0.25) is 9.80 Å². The smallest absolute Gasteiger partial charge is 0.416 e. The lowest BCUT2D eigenvalue weighted by Gasteiger charge is -2.36. The zero-order valence-corrected chi connectivity index (χ0v) is 32.1. The van der Waals surface area contributed by atoms with Crippen molar-refractivity contribution in [3.63, 3.8) is 0 Å². The van der Waals surface area contributed by atoms with E-state index in [-0.39, 0.29) is 12.2 Å². The third-order valence-electron chi connectivity index (χ3n) is 10.6. The van der Waals surface area contributed by atoms with Crippen LogP contribution in [0.1, 0.15) is 36.8 Å². The number of rotatable bonds is 10. The van der Waals surface area contributed by atoms with Crippen LogP contribution in [0.15, 0.2) is 97.1 Å². The minimum Gasteiger partial charge on any atom is -0.493 e. The SMILES string of the molecule is FC(F)(F)c1ccc(OC[C@@H]2CCCN(C[C@@H]3COc4ccccc4O3)C2)cc1.FC(F)(F)c1ccc(OC[C@H]2CCCN(C[C@@H]3COc4ccccc4O3)C2)cc1. The summed E-state index contributed by atoms with van der Waals surface area (Å²) in [6, 6.07) is 25.1. The van der Waals surface area contributed by atoms with Gasteiger partial charge in [0.2, 0.25) is 0 Å². The molecule has 4 heterocycles. The second-order valence-corrected chi connectivity index (χ2v) is 15.2. The summed E-state index contributed by atoms with van der Waals surface area (Å²) in [5.41, 5.74) is -1.32. The van der Waals surface area contributed by atoms with Gasteiger partial charge < -0.3 is 28.4 Å². The van der Waals surface area contributed by atoms with E-state index in [1.165, 1.54) is 24.3 Å². The van der Waals surface area contributed by atoms with Crippen LogP contribution in [0.4, 0.5) is 26.3 Å². The Kier molecular flexibility index (Phi) is 13.4. The molecule has 4 atom stereocenters.